The summed E-state index contributed by atoms with van der Waals surface area (Å²) in [4.78, 5) is 37.1. The Kier molecular flexibility index (Phi) is 20.5. The molecule has 2 aromatic rings. The van der Waals surface area contributed by atoms with Gasteiger partial charge in [-0.3, -0.25) is 14.4 Å². The summed E-state index contributed by atoms with van der Waals surface area (Å²) in [5.41, 5.74) is 5.43. The molecule has 7 nitrogen and oxygen atoms in total. The van der Waals surface area contributed by atoms with E-state index < -0.39 is 11.6 Å². The number of carbonyl (C=O) groups excluding carboxylic acids is 3. The maximum absolute atomic E-state index is 12.9. The van der Waals surface area contributed by atoms with E-state index in [9.17, 15) is 23.2 Å². The number of benzene rings is 2. The average Bonchev–Trinajstić information content (AvgIpc) is 3.94. The first-order valence-corrected chi connectivity index (χ1v) is 17.6. The van der Waals surface area contributed by atoms with Crippen LogP contribution in [0.1, 0.15) is 94.3 Å². The SMILES string of the molecule is C=C(C)NC=O.CC.CCCC(CNC(=O)c1ccc(C)c(/C(Br)=C(\C)C2CC2)c1)C(=O)N1CCOCC1.CCc1ccc(F)cc1F. The molecular formula is C38H54BrF2N3O4. The zero-order chi connectivity index (χ0) is 36.2. The number of rotatable bonds is 11. The van der Waals surface area contributed by atoms with Crippen molar-refractivity contribution < 1.29 is 27.9 Å². The van der Waals surface area contributed by atoms with Crippen molar-refractivity contribution in [1.29, 1.82) is 0 Å². The standard InChI is InChI=1S/C24H33BrN2O3.C8H8F2.C4H7NO.C2H6/c1-4-5-20(24(29)27-10-12-30-13-11-27)15-26-23(28)19-7-6-16(2)21(14-19)22(25)17(3)18-8-9-18;1-2-6-3-4-7(9)5-8(6)10;1-4(2)5-3-6;1-2/h6-7,14,18,20H,4-5,8-13,15H2,1-3H3,(H,26,28);3-5H,2H2,1H3;3H,1H2,2H3,(H,5,6);1-2H3/b22-17-;;;. The van der Waals surface area contributed by atoms with Crippen LogP contribution in [0.15, 0.2) is 54.2 Å². The van der Waals surface area contributed by atoms with Gasteiger partial charge < -0.3 is 20.3 Å². The molecule has 2 fully saturated rings. The lowest BCUT2D eigenvalue weighted by Gasteiger charge is -2.30. The van der Waals surface area contributed by atoms with E-state index in [0.717, 1.165) is 34.5 Å². The zero-order valence-electron chi connectivity index (χ0n) is 29.7. The molecule has 1 heterocycles. The molecule has 0 bridgehead atoms. The van der Waals surface area contributed by atoms with Crippen molar-refractivity contribution in [3.05, 3.63) is 88.1 Å². The molecule has 0 aromatic heterocycles. The number of halogens is 3. The molecule has 0 spiro atoms. The number of amides is 3. The molecular weight excluding hydrogens is 680 g/mol. The number of nitrogens with one attached hydrogen (secondary N) is 2. The summed E-state index contributed by atoms with van der Waals surface area (Å²) in [6, 6.07) is 9.44. The van der Waals surface area contributed by atoms with Gasteiger partial charge in [-0.15, -0.1) is 0 Å². The van der Waals surface area contributed by atoms with Gasteiger partial charge in [-0.25, -0.2) is 8.78 Å². The number of nitrogens with zero attached hydrogens (tertiary/aromatic N) is 1. The minimum atomic E-state index is -0.519. The number of hydrogen-bond acceptors (Lipinski definition) is 4. The predicted molar refractivity (Wildman–Crippen MR) is 195 cm³/mol. The van der Waals surface area contributed by atoms with Crippen LogP contribution in [0.4, 0.5) is 8.78 Å². The molecule has 10 heteroatoms. The molecule has 1 aliphatic heterocycles. The minimum Gasteiger partial charge on any atom is -0.378 e. The molecule has 1 unspecified atom stereocenters. The summed E-state index contributed by atoms with van der Waals surface area (Å²) in [5.74, 6) is -0.507. The molecule has 0 radical (unpaired) electrons. The average molecular weight is 735 g/mol. The van der Waals surface area contributed by atoms with Gasteiger partial charge >= 0.3 is 0 Å². The smallest absolute Gasteiger partial charge is 0.251 e. The number of aryl methyl sites for hydroxylation is 2. The van der Waals surface area contributed by atoms with E-state index in [2.05, 4.69) is 53.9 Å². The van der Waals surface area contributed by atoms with Gasteiger partial charge in [0.1, 0.15) is 11.6 Å². The molecule has 266 valence electrons. The second-order valence-electron chi connectivity index (χ2n) is 11.6. The van der Waals surface area contributed by atoms with E-state index in [-0.39, 0.29) is 17.7 Å². The number of allylic oxidation sites excluding steroid dienone is 2. The molecule has 2 N–H and O–H groups in total. The molecule has 2 aliphatic rings. The van der Waals surface area contributed by atoms with Crippen LogP contribution in [0.5, 0.6) is 0 Å². The Balaban J connectivity index is 0.000000524. The molecule has 3 amide bonds. The Morgan fingerprint density at radius 1 is 1.08 bits per heavy atom. The number of morpholine rings is 1. The van der Waals surface area contributed by atoms with Gasteiger partial charge in [0.25, 0.3) is 5.91 Å². The molecule has 48 heavy (non-hydrogen) atoms. The van der Waals surface area contributed by atoms with E-state index in [1.54, 1.807) is 6.92 Å². The van der Waals surface area contributed by atoms with E-state index in [1.807, 2.05) is 43.9 Å². The Morgan fingerprint density at radius 2 is 1.73 bits per heavy atom. The second-order valence-corrected chi connectivity index (χ2v) is 12.4. The molecule has 1 aliphatic carbocycles. The quantitative estimate of drug-likeness (QED) is 0.227. The van der Waals surface area contributed by atoms with Crippen LogP contribution < -0.4 is 10.6 Å². The summed E-state index contributed by atoms with van der Waals surface area (Å²) in [6.07, 6.45) is 5.37. The van der Waals surface area contributed by atoms with Crippen LogP contribution >= 0.6 is 15.9 Å². The van der Waals surface area contributed by atoms with Gasteiger partial charge in [0, 0.05) is 41.4 Å². The van der Waals surface area contributed by atoms with Crippen molar-refractivity contribution in [3.8, 4) is 0 Å². The van der Waals surface area contributed by atoms with Crippen LogP contribution in [0.25, 0.3) is 4.48 Å². The Morgan fingerprint density at radius 3 is 2.23 bits per heavy atom. The topological polar surface area (TPSA) is 87.7 Å². The lowest BCUT2D eigenvalue weighted by atomic mass is 9.99. The first-order chi connectivity index (χ1) is 22.9. The summed E-state index contributed by atoms with van der Waals surface area (Å²) >= 11 is 3.76. The zero-order valence-corrected chi connectivity index (χ0v) is 31.3. The van der Waals surface area contributed by atoms with Crippen molar-refractivity contribution in [3.63, 3.8) is 0 Å². The predicted octanol–water partition coefficient (Wildman–Crippen LogP) is 8.36. The lowest BCUT2D eigenvalue weighted by molar-refractivity contribution is -0.139. The van der Waals surface area contributed by atoms with E-state index in [1.165, 1.54) is 30.5 Å². The fraction of sp³-hybridized carbons (Fsp3) is 0.500. The Bertz CT molecular complexity index is 1370. The molecule has 1 saturated carbocycles. The van der Waals surface area contributed by atoms with Gasteiger partial charge in [-0.1, -0.05) is 74.3 Å². The van der Waals surface area contributed by atoms with Crippen LogP contribution in [-0.2, 0) is 20.7 Å². The number of hydrogen-bond donors (Lipinski definition) is 2. The van der Waals surface area contributed by atoms with Crippen LogP contribution in [0, 0.1) is 30.4 Å². The number of ether oxygens (including phenoxy) is 1. The van der Waals surface area contributed by atoms with Gasteiger partial charge in [0.15, 0.2) is 0 Å². The lowest BCUT2D eigenvalue weighted by Crippen LogP contribution is -2.46. The van der Waals surface area contributed by atoms with E-state index in [0.29, 0.717) is 68.4 Å². The largest absolute Gasteiger partial charge is 0.378 e. The monoisotopic (exact) mass is 733 g/mol. The minimum absolute atomic E-state index is 0.121. The van der Waals surface area contributed by atoms with Crippen molar-refractivity contribution in [1.82, 2.24) is 15.5 Å². The first kappa shape index (κ1) is 42.7. The van der Waals surface area contributed by atoms with Crippen LogP contribution in [-0.4, -0.2) is 56.0 Å². The third-order valence-corrected chi connectivity index (χ3v) is 8.84. The van der Waals surface area contributed by atoms with Crippen LogP contribution in [0.3, 0.4) is 0 Å². The van der Waals surface area contributed by atoms with Crippen molar-refractivity contribution in [2.24, 2.45) is 11.8 Å². The van der Waals surface area contributed by atoms with Crippen LogP contribution in [0.2, 0.25) is 0 Å². The summed E-state index contributed by atoms with van der Waals surface area (Å²) in [6.45, 7) is 20.1. The summed E-state index contributed by atoms with van der Waals surface area (Å²) in [7, 11) is 0. The van der Waals surface area contributed by atoms with E-state index in [4.69, 9.17) is 4.74 Å². The third-order valence-electron chi connectivity index (χ3n) is 7.79. The summed E-state index contributed by atoms with van der Waals surface area (Å²) < 4.78 is 31.3. The third kappa shape index (κ3) is 14.8. The maximum Gasteiger partial charge on any atom is 0.251 e. The highest BCUT2D eigenvalue weighted by Gasteiger charge is 2.27. The fourth-order valence-corrected chi connectivity index (χ4v) is 5.59. The molecule has 4 rings (SSSR count). The van der Waals surface area contributed by atoms with Crippen molar-refractivity contribution >= 4 is 38.6 Å². The van der Waals surface area contributed by atoms with Gasteiger partial charge in [-0.2, -0.15) is 0 Å². The van der Waals surface area contributed by atoms with Gasteiger partial charge in [0.05, 0.1) is 19.1 Å². The molecule has 2 aromatic carbocycles. The molecule has 1 atom stereocenters. The maximum atomic E-state index is 12.9. The fourth-order valence-electron chi connectivity index (χ4n) is 4.84. The summed E-state index contributed by atoms with van der Waals surface area (Å²) in [5, 5.41) is 5.34. The molecule has 1 saturated heterocycles. The van der Waals surface area contributed by atoms with Gasteiger partial charge in [-0.05, 0) is 87.3 Å². The highest BCUT2D eigenvalue weighted by molar-refractivity contribution is 9.15. The highest BCUT2D eigenvalue weighted by Crippen LogP contribution is 2.42. The van der Waals surface area contributed by atoms with E-state index >= 15 is 0 Å². The Hall–Kier alpha value is -3.37. The second kappa shape index (κ2) is 23.1. The first-order valence-electron chi connectivity index (χ1n) is 16.8. The van der Waals surface area contributed by atoms with Crippen molar-refractivity contribution in [2.45, 2.75) is 80.6 Å². The van der Waals surface area contributed by atoms with Gasteiger partial charge in [0.2, 0.25) is 12.3 Å². The highest BCUT2D eigenvalue weighted by atomic mass is 79.9. The normalized spacial score (nSPS) is 14.7. The number of carbonyl (C=O) groups is 3. The Labute approximate surface area is 294 Å². The van der Waals surface area contributed by atoms with Crippen molar-refractivity contribution in [2.75, 3.05) is 32.8 Å².